The van der Waals surface area contributed by atoms with E-state index in [0.717, 1.165) is 24.8 Å². The van der Waals surface area contributed by atoms with Crippen LogP contribution in [0.5, 0.6) is 0 Å². The number of thioether (sulfide) groups is 1. The number of nitrogens with zero attached hydrogens (tertiary/aromatic N) is 1. The van der Waals surface area contributed by atoms with Crippen LogP contribution in [0.25, 0.3) is 0 Å². The standard InChI is InChI=1S/C8H19N3OS.HI/c1-9-8(10-4-6-12-2)11-5-7-13-3;/h4-7H2,1-3H3,(H2,9,10,11);1H. The Morgan fingerprint density at radius 2 is 2.00 bits per heavy atom. The van der Waals surface area contributed by atoms with Crippen LogP contribution in [0.4, 0.5) is 0 Å². The molecule has 0 aliphatic rings. The summed E-state index contributed by atoms with van der Waals surface area (Å²) in [5.41, 5.74) is 0. The summed E-state index contributed by atoms with van der Waals surface area (Å²) in [6.07, 6.45) is 2.09. The molecule has 0 atom stereocenters. The van der Waals surface area contributed by atoms with E-state index in [-0.39, 0.29) is 24.0 Å². The van der Waals surface area contributed by atoms with Gasteiger partial charge in [0.1, 0.15) is 0 Å². The molecule has 0 aromatic rings. The maximum atomic E-state index is 4.91. The van der Waals surface area contributed by atoms with Crippen molar-refractivity contribution in [1.29, 1.82) is 0 Å². The van der Waals surface area contributed by atoms with Gasteiger partial charge < -0.3 is 15.4 Å². The van der Waals surface area contributed by atoms with Gasteiger partial charge >= 0.3 is 0 Å². The molecule has 2 N–H and O–H groups in total. The van der Waals surface area contributed by atoms with Gasteiger partial charge in [0.15, 0.2) is 5.96 Å². The highest BCUT2D eigenvalue weighted by atomic mass is 127. The predicted molar refractivity (Wildman–Crippen MR) is 75.0 cm³/mol. The van der Waals surface area contributed by atoms with Crippen molar-refractivity contribution in [3.8, 4) is 0 Å². The highest BCUT2D eigenvalue weighted by Gasteiger charge is 1.94. The second-order valence-electron chi connectivity index (χ2n) is 2.41. The zero-order chi connectivity index (χ0) is 9.94. The number of guanidine groups is 1. The normalized spacial score (nSPS) is 10.6. The average molecular weight is 333 g/mol. The molecule has 0 spiro atoms. The fourth-order valence-electron chi connectivity index (χ4n) is 0.764. The second kappa shape index (κ2) is 13.3. The quantitative estimate of drug-likeness (QED) is 0.326. The maximum absolute atomic E-state index is 4.91. The molecular formula is C8H20IN3OS. The minimum absolute atomic E-state index is 0. The van der Waals surface area contributed by atoms with Crippen molar-refractivity contribution in [2.75, 3.05) is 45.9 Å². The van der Waals surface area contributed by atoms with Crippen molar-refractivity contribution in [2.45, 2.75) is 0 Å². The van der Waals surface area contributed by atoms with Gasteiger partial charge in [0.25, 0.3) is 0 Å². The van der Waals surface area contributed by atoms with Gasteiger partial charge in [-0.2, -0.15) is 11.8 Å². The van der Waals surface area contributed by atoms with Crippen molar-refractivity contribution in [3.63, 3.8) is 0 Å². The predicted octanol–water partition coefficient (Wildman–Crippen LogP) is 0.779. The molecule has 86 valence electrons. The molecule has 4 nitrogen and oxygen atoms in total. The molecule has 0 heterocycles. The van der Waals surface area contributed by atoms with Crippen molar-refractivity contribution in [2.24, 2.45) is 4.99 Å². The molecule has 0 aromatic carbocycles. The Morgan fingerprint density at radius 3 is 2.50 bits per heavy atom. The van der Waals surface area contributed by atoms with Crippen LogP contribution in [-0.2, 0) is 4.74 Å². The lowest BCUT2D eigenvalue weighted by molar-refractivity contribution is 0.203. The van der Waals surface area contributed by atoms with Gasteiger partial charge in [-0.25, -0.2) is 0 Å². The first-order valence-electron chi connectivity index (χ1n) is 4.27. The van der Waals surface area contributed by atoms with Crippen molar-refractivity contribution in [1.82, 2.24) is 10.6 Å². The van der Waals surface area contributed by atoms with Gasteiger partial charge in [0, 0.05) is 33.0 Å². The Balaban J connectivity index is 0. The highest BCUT2D eigenvalue weighted by Crippen LogP contribution is 1.86. The number of hydrogen-bond donors (Lipinski definition) is 2. The van der Waals surface area contributed by atoms with Crippen molar-refractivity contribution >= 4 is 41.7 Å². The molecule has 0 saturated heterocycles. The number of methoxy groups -OCH3 is 1. The van der Waals surface area contributed by atoms with Crippen LogP contribution in [0.2, 0.25) is 0 Å². The summed E-state index contributed by atoms with van der Waals surface area (Å²) in [7, 11) is 3.45. The summed E-state index contributed by atoms with van der Waals surface area (Å²) >= 11 is 1.81. The number of nitrogens with one attached hydrogen (secondary N) is 2. The monoisotopic (exact) mass is 333 g/mol. The molecule has 0 aromatic heterocycles. The Kier molecular flexibility index (Phi) is 15.9. The topological polar surface area (TPSA) is 45.7 Å². The van der Waals surface area contributed by atoms with Crippen LogP contribution in [-0.4, -0.2) is 51.8 Å². The van der Waals surface area contributed by atoms with Crippen LogP contribution in [0.15, 0.2) is 4.99 Å². The molecule has 0 saturated carbocycles. The molecule has 0 bridgehead atoms. The molecule has 14 heavy (non-hydrogen) atoms. The van der Waals surface area contributed by atoms with E-state index in [9.17, 15) is 0 Å². The Morgan fingerprint density at radius 1 is 1.36 bits per heavy atom. The molecule has 0 fully saturated rings. The van der Waals surface area contributed by atoms with Crippen LogP contribution >= 0.6 is 35.7 Å². The van der Waals surface area contributed by atoms with E-state index in [4.69, 9.17) is 4.74 Å². The lowest BCUT2D eigenvalue weighted by Crippen LogP contribution is -2.39. The zero-order valence-electron chi connectivity index (χ0n) is 9.00. The number of ether oxygens (including phenoxy) is 1. The molecular weight excluding hydrogens is 313 g/mol. The Labute approximate surface area is 108 Å². The fraction of sp³-hybridized carbons (Fsp3) is 0.875. The number of halogens is 1. The summed E-state index contributed by atoms with van der Waals surface area (Å²) < 4.78 is 4.91. The Hall–Kier alpha value is 0.310. The number of aliphatic imine (C=N–C) groups is 1. The molecule has 0 unspecified atom stereocenters. The first-order valence-corrected chi connectivity index (χ1v) is 5.67. The molecule has 0 amide bonds. The van der Waals surface area contributed by atoms with E-state index in [2.05, 4.69) is 21.9 Å². The maximum Gasteiger partial charge on any atom is 0.191 e. The first kappa shape index (κ1) is 16.7. The third-order valence-corrected chi connectivity index (χ3v) is 2.03. The zero-order valence-corrected chi connectivity index (χ0v) is 12.1. The summed E-state index contributed by atoms with van der Waals surface area (Å²) in [5, 5.41) is 6.33. The fourth-order valence-corrected chi connectivity index (χ4v) is 1.07. The molecule has 0 rings (SSSR count). The summed E-state index contributed by atoms with van der Waals surface area (Å²) in [4.78, 5) is 4.06. The average Bonchev–Trinajstić information content (AvgIpc) is 2.16. The lowest BCUT2D eigenvalue weighted by atomic mass is 10.6. The van der Waals surface area contributed by atoms with E-state index < -0.39 is 0 Å². The van der Waals surface area contributed by atoms with Gasteiger partial charge in [-0.05, 0) is 6.26 Å². The molecule has 0 radical (unpaired) electrons. The van der Waals surface area contributed by atoms with E-state index in [0.29, 0.717) is 6.61 Å². The van der Waals surface area contributed by atoms with E-state index in [1.165, 1.54) is 0 Å². The van der Waals surface area contributed by atoms with Gasteiger partial charge in [-0.15, -0.1) is 24.0 Å². The van der Waals surface area contributed by atoms with Gasteiger partial charge in [-0.1, -0.05) is 0 Å². The van der Waals surface area contributed by atoms with Crippen molar-refractivity contribution < 1.29 is 4.74 Å². The largest absolute Gasteiger partial charge is 0.383 e. The second-order valence-corrected chi connectivity index (χ2v) is 3.40. The molecule has 0 aliphatic carbocycles. The Bertz CT molecular complexity index is 135. The SMILES string of the molecule is CN=C(NCCOC)NCCSC.I. The highest BCUT2D eigenvalue weighted by molar-refractivity contribution is 14.0. The smallest absolute Gasteiger partial charge is 0.191 e. The summed E-state index contributed by atoms with van der Waals surface area (Å²) in [5.74, 6) is 1.93. The molecule has 0 aliphatic heterocycles. The van der Waals surface area contributed by atoms with Gasteiger partial charge in [0.2, 0.25) is 0 Å². The van der Waals surface area contributed by atoms with Crippen LogP contribution in [0.1, 0.15) is 0 Å². The third kappa shape index (κ3) is 10.4. The minimum atomic E-state index is 0. The van der Waals surface area contributed by atoms with Crippen LogP contribution in [0, 0.1) is 0 Å². The number of hydrogen-bond acceptors (Lipinski definition) is 3. The van der Waals surface area contributed by atoms with Crippen LogP contribution < -0.4 is 10.6 Å². The minimum Gasteiger partial charge on any atom is -0.383 e. The van der Waals surface area contributed by atoms with E-state index in [1.807, 2.05) is 11.8 Å². The summed E-state index contributed by atoms with van der Waals surface area (Å²) in [6, 6.07) is 0. The first-order chi connectivity index (χ1) is 6.35. The van der Waals surface area contributed by atoms with E-state index in [1.54, 1.807) is 14.2 Å². The van der Waals surface area contributed by atoms with Gasteiger partial charge in [-0.3, -0.25) is 4.99 Å². The third-order valence-electron chi connectivity index (χ3n) is 1.42. The van der Waals surface area contributed by atoms with Crippen molar-refractivity contribution in [3.05, 3.63) is 0 Å². The van der Waals surface area contributed by atoms with E-state index >= 15 is 0 Å². The number of rotatable bonds is 6. The van der Waals surface area contributed by atoms with Crippen LogP contribution in [0.3, 0.4) is 0 Å². The van der Waals surface area contributed by atoms with Gasteiger partial charge in [0.05, 0.1) is 6.61 Å². The lowest BCUT2D eigenvalue weighted by Gasteiger charge is -2.10. The summed E-state index contributed by atoms with van der Waals surface area (Å²) in [6.45, 7) is 2.42. The molecule has 6 heteroatoms.